The van der Waals surface area contributed by atoms with Crippen LogP contribution in [0.1, 0.15) is 50.2 Å². The zero-order valence-electron chi connectivity index (χ0n) is 21.7. The topological polar surface area (TPSA) is 146 Å². The lowest BCUT2D eigenvalue weighted by molar-refractivity contribution is -0.265. The number of aromatic nitrogens is 3. The quantitative estimate of drug-likeness (QED) is 0.328. The molecular formula is C23H26F6N8O4. The number of halogens is 6. The standard InChI is InChI=1S/C23H26F6N8O4/c1-21(2,23(27,28)29)40-9-14(33-19(38)13-7-31-41-36-13)18-32-12-5-11(6-30-17(12)35-18)16(10-3-4-10)37-8-15(22(24,25)26)34-20(37)39/h5-6,10,14-16,31H,3-4,7-9H2,1-2H3,(H,33,38)(H,34,39)(H,30,32,35). The van der Waals surface area contributed by atoms with Crippen LogP contribution in [0, 0.1) is 5.92 Å². The third kappa shape index (κ3) is 6.02. The Morgan fingerprint density at radius 2 is 1.98 bits per heavy atom. The van der Waals surface area contributed by atoms with Gasteiger partial charge in [0.05, 0.1) is 31.3 Å². The number of rotatable bonds is 9. The number of amides is 3. The van der Waals surface area contributed by atoms with Crippen LogP contribution in [-0.4, -0.2) is 81.2 Å². The van der Waals surface area contributed by atoms with Gasteiger partial charge < -0.3 is 25.3 Å². The van der Waals surface area contributed by atoms with Gasteiger partial charge >= 0.3 is 18.4 Å². The number of nitrogens with one attached hydrogen (secondary N) is 4. The largest absolute Gasteiger partial charge is 0.416 e. The van der Waals surface area contributed by atoms with E-state index in [0.717, 1.165) is 18.7 Å². The van der Waals surface area contributed by atoms with E-state index in [4.69, 9.17) is 4.74 Å². The van der Waals surface area contributed by atoms with Crippen molar-refractivity contribution in [3.05, 3.63) is 23.7 Å². The average molecular weight is 593 g/mol. The molecule has 2 fully saturated rings. The summed E-state index contributed by atoms with van der Waals surface area (Å²) in [6.45, 7) is 0.447. The second kappa shape index (κ2) is 10.3. The number of H-pyrrole nitrogens is 1. The van der Waals surface area contributed by atoms with Crippen LogP contribution in [0.2, 0.25) is 0 Å². The molecule has 0 bridgehead atoms. The summed E-state index contributed by atoms with van der Waals surface area (Å²) in [5, 5.41) is 8.01. The van der Waals surface area contributed by atoms with Crippen LogP contribution in [0.3, 0.4) is 0 Å². The molecule has 0 radical (unpaired) electrons. The number of nitrogens with zero attached hydrogens (tertiary/aromatic N) is 4. The third-order valence-electron chi connectivity index (χ3n) is 7.11. The zero-order chi connectivity index (χ0) is 29.7. The zero-order valence-corrected chi connectivity index (χ0v) is 21.7. The molecular weight excluding hydrogens is 566 g/mol. The number of hydrogen-bond acceptors (Lipinski definition) is 8. The number of oxime groups is 1. The molecule has 224 valence electrons. The van der Waals surface area contributed by atoms with Gasteiger partial charge in [0.2, 0.25) is 0 Å². The first-order valence-electron chi connectivity index (χ1n) is 12.6. The highest BCUT2D eigenvalue weighted by Gasteiger charge is 2.51. The van der Waals surface area contributed by atoms with Gasteiger partial charge in [0.1, 0.15) is 17.9 Å². The molecule has 1 saturated heterocycles. The Morgan fingerprint density at radius 1 is 1.24 bits per heavy atom. The number of pyridine rings is 1. The fourth-order valence-corrected chi connectivity index (χ4v) is 4.51. The van der Waals surface area contributed by atoms with Crippen LogP contribution in [0.25, 0.3) is 11.2 Å². The summed E-state index contributed by atoms with van der Waals surface area (Å²) < 4.78 is 85.2. The Labute approximate surface area is 228 Å². The summed E-state index contributed by atoms with van der Waals surface area (Å²) in [6.07, 6.45) is -6.49. The molecule has 1 saturated carbocycles. The summed E-state index contributed by atoms with van der Waals surface area (Å²) in [5.74, 6) is -0.791. The van der Waals surface area contributed by atoms with Gasteiger partial charge in [-0.2, -0.15) is 26.3 Å². The molecule has 2 aromatic rings. The van der Waals surface area contributed by atoms with Crippen molar-refractivity contribution < 1.29 is 45.6 Å². The van der Waals surface area contributed by atoms with Crippen molar-refractivity contribution in [3.63, 3.8) is 0 Å². The molecule has 2 aromatic heterocycles. The minimum absolute atomic E-state index is 0.0162. The van der Waals surface area contributed by atoms with Crippen molar-refractivity contribution in [2.45, 2.75) is 62.8 Å². The van der Waals surface area contributed by atoms with Gasteiger partial charge in [-0.25, -0.2) is 14.8 Å². The van der Waals surface area contributed by atoms with Crippen LogP contribution in [0.4, 0.5) is 31.1 Å². The van der Waals surface area contributed by atoms with E-state index in [0.29, 0.717) is 23.9 Å². The van der Waals surface area contributed by atoms with E-state index >= 15 is 0 Å². The fraction of sp³-hybridized carbons (Fsp3) is 0.609. The molecule has 18 heteroatoms. The maximum atomic E-state index is 13.4. The molecule has 12 nitrogen and oxygen atoms in total. The number of hydroxylamine groups is 1. The maximum Gasteiger partial charge on any atom is 0.416 e. The number of imidazole rings is 1. The van der Waals surface area contributed by atoms with Crippen molar-refractivity contribution in [3.8, 4) is 0 Å². The van der Waals surface area contributed by atoms with E-state index in [1.807, 2.05) is 5.32 Å². The summed E-state index contributed by atoms with van der Waals surface area (Å²) in [4.78, 5) is 42.3. The Bertz CT molecular complexity index is 1360. The highest BCUT2D eigenvalue weighted by atomic mass is 19.4. The minimum Gasteiger partial charge on any atom is -0.364 e. The summed E-state index contributed by atoms with van der Waals surface area (Å²) in [7, 11) is 0. The van der Waals surface area contributed by atoms with Gasteiger partial charge in [0.25, 0.3) is 5.91 Å². The second-order valence-corrected chi connectivity index (χ2v) is 10.5. The van der Waals surface area contributed by atoms with Crippen LogP contribution in [-0.2, 0) is 14.5 Å². The average Bonchev–Trinajstić information content (AvgIpc) is 3.25. The third-order valence-corrected chi connectivity index (χ3v) is 7.11. The number of carbonyl (C=O) groups is 2. The molecule has 4 N–H and O–H groups in total. The lowest BCUT2D eigenvalue weighted by Crippen LogP contribution is -2.45. The van der Waals surface area contributed by atoms with Crippen LogP contribution in [0.5, 0.6) is 0 Å². The highest BCUT2D eigenvalue weighted by molar-refractivity contribution is 6.39. The summed E-state index contributed by atoms with van der Waals surface area (Å²) >= 11 is 0. The van der Waals surface area contributed by atoms with Crippen molar-refractivity contribution >= 4 is 28.8 Å². The first kappa shape index (κ1) is 28.8. The van der Waals surface area contributed by atoms with E-state index < -0.39 is 61.2 Å². The lowest BCUT2D eigenvalue weighted by atomic mass is 10.0. The van der Waals surface area contributed by atoms with E-state index in [1.54, 1.807) is 6.07 Å². The summed E-state index contributed by atoms with van der Waals surface area (Å²) in [6, 6.07) is -3.14. The van der Waals surface area contributed by atoms with Crippen molar-refractivity contribution in [1.29, 1.82) is 0 Å². The monoisotopic (exact) mass is 592 g/mol. The molecule has 3 aliphatic rings. The van der Waals surface area contributed by atoms with Gasteiger partial charge in [0.15, 0.2) is 17.0 Å². The lowest BCUT2D eigenvalue weighted by Gasteiger charge is -2.29. The molecule has 4 heterocycles. The van der Waals surface area contributed by atoms with Gasteiger partial charge in [-0.05, 0) is 44.2 Å². The van der Waals surface area contributed by atoms with Gasteiger partial charge in [0, 0.05) is 6.20 Å². The first-order chi connectivity index (χ1) is 19.1. The van der Waals surface area contributed by atoms with Gasteiger partial charge in [-0.1, -0.05) is 5.16 Å². The number of aromatic amines is 1. The molecule has 3 amide bonds. The molecule has 1 aliphatic carbocycles. The van der Waals surface area contributed by atoms with E-state index in [9.17, 15) is 35.9 Å². The molecule has 0 aromatic carbocycles. The Balaban J connectivity index is 1.42. The predicted octanol–water partition coefficient (Wildman–Crippen LogP) is 2.77. The maximum absolute atomic E-state index is 13.4. The van der Waals surface area contributed by atoms with Crippen LogP contribution in [0.15, 0.2) is 17.4 Å². The first-order valence-corrected chi connectivity index (χ1v) is 12.6. The molecule has 0 spiro atoms. The molecule has 5 rings (SSSR count). The van der Waals surface area contributed by atoms with E-state index in [-0.39, 0.29) is 29.6 Å². The summed E-state index contributed by atoms with van der Waals surface area (Å²) in [5.41, 5.74) is 0.646. The number of fused-ring (bicyclic) bond motifs is 1. The van der Waals surface area contributed by atoms with Gasteiger partial charge in [-0.15, -0.1) is 5.48 Å². The SMILES string of the molecule is CC(C)(OCC(NC(=O)C1=NONC1)c1nc2ncc(C(C3CC3)N3CC(C(F)(F)F)NC3=O)cc2[nH]1)C(F)(F)F. The predicted molar refractivity (Wildman–Crippen MR) is 128 cm³/mol. The number of ether oxygens (including phenoxy) is 1. The molecule has 3 unspecified atom stereocenters. The number of carbonyl (C=O) groups excluding carboxylic acids is 2. The Morgan fingerprint density at radius 3 is 2.56 bits per heavy atom. The van der Waals surface area contributed by atoms with Crippen molar-refractivity contribution in [1.82, 2.24) is 36.0 Å². The second-order valence-electron chi connectivity index (χ2n) is 10.5. The molecule has 41 heavy (non-hydrogen) atoms. The number of alkyl halides is 6. The smallest absolute Gasteiger partial charge is 0.364 e. The van der Waals surface area contributed by atoms with E-state index in [1.165, 1.54) is 6.20 Å². The number of urea groups is 1. The van der Waals surface area contributed by atoms with Crippen LogP contribution >= 0.6 is 0 Å². The highest BCUT2D eigenvalue weighted by Crippen LogP contribution is 2.46. The molecule has 2 aliphatic heterocycles. The Kier molecular flexibility index (Phi) is 7.25. The van der Waals surface area contributed by atoms with Crippen molar-refractivity contribution in [2.24, 2.45) is 11.1 Å². The fourth-order valence-electron chi connectivity index (χ4n) is 4.51. The normalized spacial score (nSPS) is 21.5. The minimum atomic E-state index is -4.70. The Hall–Kier alpha value is -3.67. The van der Waals surface area contributed by atoms with Crippen molar-refractivity contribution in [2.75, 3.05) is 19.7 Å². The van der Waals surface area contributed by atoms with E-state index in [2.05, 4.69) is 35.8 Å². The molecule has 3 atom stereocenters. The van der Waals surface area contributed by atoms with Crippen LogP contribution < -0.4 is 16.1 Å². The van der Waals surface area contributed by atoms with Gasteiger partial charge in [-0.3, -0.25) is 9.73 Å². The number of hydrogen-bond donors (Lipinski definition) is 4.